The Hall–Kier alpha value is -0.780. The standard InChI is InChI=1S/C15H16Cl2N2OS/c16-14-8-11(15(17)21-14)12(19-18)3-1-9-2-4-13-10(7-9)5-6-20-13/h2,4,7-8,12,19H,1,3,5-6,18H2. The molecule has 0 radical (unpaired) electrons. The van der Waals surface area contributed by atoms with E-state index in [2.05, 4.69) is 23.6 Å². The van der Waals surface area contributed by atoms with Gasteiger partial charge in [0.05, 0.1) is 15.3 Å². The Morgan fingerprint density at radius 2 is 2.19 bits per heavy atom. The van der Waals surface area contributed by atoms with E-state index in [0.717, 1.165) is 37.2 Å². The zero-order chi connectivity index (χ0) is 14.8. The van der Waals surface area contributed by atoms with E-state index < -0.39 is 0 Å². The minimum absolute atomic E-state index is 0.00533. The number of benzene rings is 1. The molecule has 0 fully saturated rings. The molecule has 3 nitrogen and oxygen atoms in total. The molecule has 1 unspecified atom stereocenters. The van der Waals surface area contributed by atoms with E-state index in [4.69, 9.17) is 33.8 Å². The highest BCUT2D eigenvalue weighted by molar-refractivity contribution is 7.20. The summed E-state index contributed by atoms with van der Waals surface area (Å²) in [6.07, 6.45) is 2.78. The number of nitrogens with one attached hydrogen (secondary N) is 1. The molecule has 0 aliphatic carbocycles. The number of aryl methyl sites for hydroxylation is 1. The van der Waals surface area contributed by atoms with Gasteiger partial charge in [0, 0.05) is 18.0 Å². The van der Waals surface area contributed by atoms with Gasteiger partial charge in [0.1, 0.15) is 5.75 Å². The maximum Gasteiger partial charge on any atom is 0.122 e. The van der Waals surface area contributed by atoms with Gasteiger partial charge in [-0.25, -0.2) is 0 Å². The van der Waals surface area contributed by atoms with Crippen LogP contribution >= 0.6 is 34.5 Å². The molecule has 6 heteroatoms. The van der Waals surface area contributed by atoms with Crippen LogP contribution in [0.25, 0.3) is 0 Å². The van der Waals surface area contributed by atoms with Crippen molar-refractivity contribution in [2.24, 2.45) is 5.84 Å². The zero-order valence-corrected chi connectivity index (χ0v) is 13.7. The van der Waals surface area contributed by atoms with E-state index in [1.54, 1.807) is 0 Å². The van der Waals surface area contributed by atoms with Gasteiger partial charge in [0.25, 0.3) is 0 Å². The summed E-state index contributed by atoms with van der Waals surface area (Å²) in [5.74, 6) is 6.68. The number of fused-ring (bicyclic) bond motifs is 1. The molecule has 3 N–H and O–H groups in total. The van der Waals surface area contributed by atoms with E-state index in [-0.39, 0.29) is 6.04 Å². The summed E-state index contributed by atoms with van der Waals surface area (Å²) in [7, 11) is 0. The Morgan fingerprint density at radius 3 is 2.90 bits per heavy atom. The van der Waals surface area contributed by atoms with Crippen molar-refractivity contribution in [1.29, 1.82) is 0 Å². The fourth-order valence-corrected chi connectivity index (χ4v) is 4.20. The third kappa shape index (κ3) is 3.35. The molecule has 1 aromatic heterocycles. The molecule has 0 saturated carbocycles. The molecule has 2 heterocycles. The predicted octanol–water partition coefficient (Wildman–Crippen LogP) is 4.13. The number of rotatable bonds is 5. The molecular formula is C15H16Cl2N2OS. The quantitative estimate of drug-likeness (QED) is 0.634. The average molecular weight is 343 g/mol. The van der Waals surface area contributed by atoms with Crippen LogP contribution in [0.15, 0.2) is 24.3 Å². The number of ether oxygens (including phenoxy) is 1. The minimum atomic E-state index is 0.00533. The molecular weight excluding hydrogens is 327 g/mol. The highest BCUT2D eigenvalue weighted by atomic mass is 35.5. The molecule has 112 valence electrons. The average Bonchev–Trinajstić information content (AvgIpc) is 3.05. The minimum Gasteiger partial charge on any atom is -0.493 e. The third-order valence-corrected chi connectivity index (χ3v) is 5.25. The molecule has 1 aromatic carbocycles. The summed E-state index contributed by atoms with van der Waals surface area (Å²) in [4.78, 5) is 0. The predicted molar refractivity (Wildman–Crippen MR) is 88.4 cm³/mol. The van der Waals surface area contributed by atoms with Crippen molar-refractivity contribution in [3.63, 3.8) is 0 Å². The fourth-order valence-electron chi connectivity index (χ4n) is 2.63. The first-order valence-electron chi connectivity index (χ1n) is 6.83. The third-order valence-electron chi connectivity index (χ3n) is 3.74. The number of hydrogen-bond acceptors (Lipinski definition) is 4. The summed E-state index contributed by atoms with van der Waals surface area (Å²) >= 11 is 13.6. The summed E-state index contributed by atoms with van der Waals surface area (Å²) in [6, 6.07) is 8.27. The molecule has 1 aliphatic rings. The Bertz CT molecular complexity index is 645. The highest BCUT2D eigenvalue weighted by Crippen LogP contribution is 2.36. The van der Waals surface area contributed by atoms with Crippen LogP contribution in [0.3, 0.4) is 0 Å². The van der Waals surface area contributed by atoms with Gasteiger partial charge in [-0.05, 0) is 36.1 Å². The van der Waals surface area contributed by atoms with Crippen LogP contribution in [0.1, 0.15) is 29.2 Å². The van der Waals surface area contributed by atoms with E-state index in [1.807, 2.05) is 6.07 Å². The lowest BCUT2D eigenvalue weighted by atomic mass is 9.99. The van der Waals surface area contributed by atoms with Crippen LogP contribution < -0.4 is 16.0 Å². The van der Waals surface area contributed by atoms with E-state index in [0.29, 0.717) is 8.67 Å². The fraction of sp³-hybridized carbons (Fsp3) is 0.333. The number of hydrogen-bond donors (Lipinski definition) is 2. The first kappa shape index (κ1) is 15.1. The Labute approximate surface area is 138 Å². The number of hydrazine groups is 1. The smallest absolute Gasteiger partial charge is 0.122 e. The Kier molecular flexibility index (Phi) is 4.72. The van der Waals surface area contributed by atoms with Crippen LogP contribution in [-0.4, -0.2) is 6.61 Å². The molecule has 0 bridgehead atoms. The van der Waals surface area contributed by atoms with Crippen molar-refractivity contribution in [2.75, 3.05) is 6.61 Å². The number of halogens is 2. The van der Waals surface area contributed by atoms with Crippen molar-refractivity contribution in [1.82, 2.24) is 5.43 Å². The zero-order valence-electron chi connectivity index (χ0n) is 11.4. The first-order valence-corrected chi connectivity index (χ1v) is 8.40. The molecule has 1 aliphatic heterocycles. The van der Waals surface area contributed by atoms with E-state index >= 15 is 0 Å². The van der Waals surface area contributed by atoms with Crippen molar-refractivity contribution in [3.8, 4) is 5.75 Å². The van der Waals surface area contributed by atoms with Crippen LogP contribution in [0.5, 0.6) is 5.75 Å². The molecule has 3 rings (SSSR count). The van der Waals surface area contributed by atoms with Crippen molar-refractivity contribution in [3.05, 3.63) is 49.6 Å². The van der Waals surface area contributed by atoms with Crippen molar-refractivity contribution >= 4 is 34.5 Å². The summed E-state index contributed by atoms with van der Waals surface area (Å²) in [5, 5.41) is 0. The first-order chi connectivity index (χ1) is 10.2. The number of nitrogens with two attached hydrogens (primary N) is 1. The lowest BCUT2D eigenvalue weighted by Crippen LogP contribution is -2.28. The SMILES string of the molecule is NNC(CCc1ccc2c(c1)CCO2)c1cc(Cl)sc1Cl. The summed E-state index contributed by atoms with van der Waals surface area (Å²) in [6.45, 7) is 0.786. The van der Waals surface area contributed by atoms with Gasteiger partial charge in [-0.2, -0.15) is 0 Å². The monoisotopic (exact) mass is 342 g/mol. The Balaban J connectivity index is 1.69. The highest BCUT2D eigenvalue weighted by Gasteiger charge is 2.17. The van der Waals surface area contributed by atoms with Crippen LogP contribution in [0.4, 0.5) is 0 Å². The molecule has 0 saturated heterocycles. The maximum atomic E-state index is 6.20. The molecule has 0 amide bonds. The van der Waals surface area contributed by atoms with E-state index in [9.17, 15) is 0 Å². The van der Waals surface area contributed by atoms with Gasteiger partial charge in [-0.15, -0.1) is 11.3 Å². The Morgan fingerprint density at radius 1 is 1.33 bits per heavy atom. The normalized spacial score (nSPS) is 14.8. The molecule has 21 heavy (non-hydrogen) atoms. The van der Waals surface area contributed by atoms with Gasteiger partial charge in [-0.3, -0.25) is 11.3 Å². The summed E-state index contributed by atoms with van der Waals surface area (Å²) in [5.41, 5.74) is 6.39. The van der Waals surface area contributed by atoms with E-state index in [1.165, 1.54) is 22.5 Å². The van der Waals surface area contributed by atoms with Crippen LogP contribution in [0.2, 0.25) is 8.67 Å². The largest absolute Gasteiger partial charge is 0.493 e. The lowest BCUT2D eigenvalue weighted by Gasteiger charge is -2.15. The second-order valence-electron chi connectivity index (χ2n) is 5.08. The van der Waals surface area contributed by atoms with Gasteiger partial charge in [-0.1, -0.05) is 35.3 Å². The van der Waals surface area contributed by atoms with Gasteiger partial charge in [0.2, 0.25) is 0 Å². The second kappa shape index (κ2) is 6.55. The van der Waals surface area contributed by atoms with Crippen molar-refractivity contribution < 1.29 is 4.74 Å². The van der Waals surface area contributed by atoms with Gasteiger partial charge >= 0.3 is 0 Å². The van der Waals surface area contributed by atoms with Gasteiger partial charge < -0.3 is 4.74 Å². The van der Waals surface area contributed by atoms with Crippen LogP contribution in [0, 0.1) is 0 Å². The van der Waals surface area contributed by atoms with Crippen LogP contribution in [-0.2, 0) is 12.8 Å². The maximum absolute atomic E-state index is 6.20. The molecule has 2 aromatic rings. The van der Waals surface area contributed by atoms with Crippen molar-refractivity contribution in [2.45, 2.75) is 25.3 Å². The molecule has 0 spiro atoms. The molecule has 1 atom stereocenters. The van der Waals surface area contributed by atoms with Gasteiger partial charge in [0.15, 0.2) is 0 Å². The topological polar surface area (TPSA) is 47.3 Å². The number of thiophene rings is 1. The second-order valence-corrected chi connectivity index (χ2v) is 7.36. The summed E-state index contributed by atoms with van der Waals surface area (Å²) < 4.78 is 6.91. The lowest BCUT2D eigenvalue weighted by molar-refractivity contribution is 0.357.